The molecular formula is C9H13BN4. The monoisotopic (exact) mass is 188 g/mol. The molecule has 1 N–H and O–H groups in total. The van der Waals surface area contributed by atoms with Crippen LogP contribution < -0.4 is 5.46 Å². The van der Waals surface area contributed by atoms with E-state index in [1.807, 2.05) is 28.1 Å². The fraction of sp³-hybridized carbons (Fsp3) is 0.333. The smallest absolute Gasteiger partial charge is 0.155 e. The number of pyridine rings is 1. The highest BCUT2D eigenvalue weighted by atomic mass is 15.2. The first-order valence-corrected chi connectivity index (χ1v) is 4.61. The summed E-state index contributed by atoms with van der Waals surface area (Å²) in [4.78, 5) is 6.37. The van der Waals surface area contributed by atoms with Crippen LogP contribution in [0.15, 0.2) is 12.3 Å². The summed E-state index contributed by atoms with van der Waals surface area (Å²) in [5.41, 5.74) is 3.09. The third-order valence-corrected chi connectivity index (χ3v) is 2.10. The maximum absolute atomic E-state index is 4.27. The van der Waals surface area contributed by atoms with Gasteiger partial charge in [0, 0.05) is 18.1 Å². The Labute approximate surface area is 83.7 Å². The molecule has 0 saturated heterocycles. The van der Waals surface area contributed by atoms with Crippen molar-refractivity contribution in [2.45, 2.75) is 6.54 Å². The summed E-state index contributed by atoms with van der Waals surface area (Å²) in [5, 5.41) is 8.30. The van der Waals surface area contributed by atoms with Gasteiger partial charge in [0.2, 0.25) is 0 Å². The minimum absolute atomic E-state index is 0.838. The first-order valence-electron chi connectivity index (χ1n) is 4.61. The van der Waals surface area contributed by atoms with Crippen molar-refractivity contribution in [3.63, 3.8) is 0 Å². The van der Waals surface area contributed by atoms with E-state index < -0.39 is 0 Å². The summed E-state index contributed by atoms with van der Waals surface area (Å²) in [6.45, 7) is 0.838. The van der Waals surface area contributed by atoms with Crippen molar-refractivity contribution < 1.29 is 0 Å². The number of H-pyrrole nitrogens is 1. The minimum atomic E-state index is 0.838. The van der Waals surface area contributed by atoms with Gasteiger partial charge >= 0.3 is 0 Å². The Kier molecular flexibility index (Phi) is 2.25. The fourth-order valence-electron chi connectivity index (χ4n) is 1.48. The molecule has 0 aliphatic carbocycles. The quantitative estimate of drug-likeness (QED) is 0.632. The van der Waals surface area contributed by atoms with Crippen molar-refractivity contribution in [3.05, 3.63) is 18.0 Å². The van der Waals surface area contributed by atoms with Crippen LogP contribution in [0.3, 0.4) is 0 Å². The Morgan fingerprint density at radius 2 is 2.29 bits per heavy atom. The summed E-state index contributed by atoms with van der Waals surface area (Å²) in [6.07, 6.45) is 1.85. The number of aromatic amines is 1. The molecule has 0 amide bonds. The summed E-state index contributed by atoms with van der Waals surface area (Å²) >= 11 is 0. The second-order valence-electron chi connectivity index (χ2n) is 3.82. The highest BCUT2D eigenvalue weighted by molar-refractivity contribution is 6.32. The molecule has 72 valence electrons. The van der Waals surface area contributed by atoms with Gasteiger partial charge in [-0.15, -0.1) is 0 Å². The van der Waals surface area contributed by atoms with Crippen molar-refractivity contribution in [3.8, 4) is 0 Å². The fourth-order valence-corrected chi connectivity index (χ4v) is 1.48. The molecule has 0 fully saturated rings. The van der Waals surface area contributed by atoms with E-state index in [0.29, 0.717) is 0 Å². The van der Waals surface area contributed by atoms with Gasteiger partial charge in [0.05, 0.1) is 5.69 Å². The molecule has 0 bridgehead atoms. The van der Waals surface area contributed by atoms with Gasteiger partial charge in [-0.25, -0.2) is 4.98 Å². The van der Waals surface area contributed by atoms with Gasteiger partial charge in [0.15, 0.2) is 5.65 Å². The Hall–Kier alpha value is -1.36. The SMILES string of the molecule is Bc1cnc2[nH]nc(CN(C)C)c2c1. The molecule has 0 aromatic carbocycles. The molecule has 0 atom stereocenters. The van der Waals surface area contributed by atoms with Gasteiger partial charge in [-0.2, -0.15) is 5.10 Å². The number of nitrogens with one attached hydrogen (secondary N) is 1. The average molecular weight is 188 g/mol. The predicted octanol–water partition coefficient (Wildman–Crippen LogP) is -0.722. The average Bonchev–Trinajstić information content (AvgIpc) is 2.47. The second-order valence-corrected chi connectivity index (χ2v) is 3.82. The molecule has 0 radical (unpaired) electrons. The van der Waals surface area contributed by atoms with E-state index in [2.05, 4.69) is 26.1 Å². The van der Waals surface area contributed by atoms with Crippen molar-refractivity contribution in [2.75, 3.05) is 14.1 Å². The van der Waals surface area contributed by atoms with Gasteiger partial charge in [0.25, 0.3) is 0 Å². The largest absolute Gasteiger partial charge is 0.303 e. The van der Waals surface area contributed by atoms with E-state index in [4.69, 9.17) is 0 Å². The Bertz CT molecular complexity index is 449. The standard InChI is InChI=1S/C9H13BN4/c1-14(2)5-8-7-3-6(10)4-11-9(7)13-12-8/h3-4H,5,10H2,1-2H3,(H,11,12,13). The lowest BCUT2D eigenvalue weighted by molar-refractivity contribution is 0.398. The normalized spacial score (nSPS) is 11.4. The summed E-state index contributed by atoms with van der Waals surface area (Å²) in [6, 6.07) is 2.12. The summed E-state index contributed by atoms with van der Waals surface area (Å²) in [7, 11) is 6.10. The second kappa shape index (κ2) is 3.42. The maximum atomic E-state index is 4.27. The number of rotatable bonds is 2. The number of hydrogen-bond donors (Lipinski definition) is 1. The molecule has 2 rings (SSSR count). The van der Waals surface area contributed by atoms with Crippen LogP contribution in [0.4, 0.5) is 0 Å². The molecule has 0 unspecified atom stereocenters. The van der Waals surface area contributed by atoms with Crippen LogP contribution in [0.1, 0.15) is 5.69 Å². The molecule has 2 aromatic heterocycles. The zero-order chi connectivity index (χ0) is 10.1. The van der Waals surface area contributed by atoms with Gasteiger partial charge in [-0.05, 0) is 14.1 Å². The van der Waals surface area contributed by atoms with Crippen LogP contribution in [0.25, 0.3) is 11.0 Å². The topological polar surface area (TPSA) is 44.8 Å². The van der Waals surface area contributed by atoms with E-state index in [-0.39, 0.29) is 0 Å². The number of hydrogen-bond acceptors (Lipinski definition) is 3. The van der Waals surface area contributed by atoms with Crippen molar-refractivity contribution in [1.82, 2.24) is 20.1 Å². The first kappa shape index (κ1) is 9.21. The molecule has 0 spiro atoms. The van der Waals surface area contributed by atoms with Crippen LogP contribution >= 0.6 is 0 Å². The van der Waals surface area contributed by atoms with Gasteiger partial charge in [0.1, 0.15) is 7.85 Å². The Balaban J connectivity index is 2.50. The third kappa shape index (κ3) is 1.63. The lowest BCUT2D eigenvalue weighted by Gasteiger charge is -2.06. The highest BCUT2D eigenvalue weighted by Gasteiger charge is 2.06. The number of nitrogens with zero attached hydrogens (tertiary/aromatic N) is 3. The minimum Gasteiger partial charge on any atom is -0.303 e. The van der Waals surface area contributed by atoms with Gasteiger partial charge in [-0.3, -0.25) is 5.10 Å². The van der Waals surface area contributed by atoms with Crippen molar-refractivity contribution in [1.29, 1.82) is 0 Å². The van der Waals surface area contributed by atoms with E-state index in [1.165, 1.54) is 5.46 Å². The van der Waals surface area contributed by atoms with Gasteiger partial charge < -0.3 is 4.90 Å². The molecule has 2 heterocycles. The number of aromatic nitrogens is 3. The molecule has 5 heteroatoms. The van der Waals surface area contributed by atoms with Crippen molar-refractivity contribution in [2.24, 2.45) is 0 Å². The lowest BCUT2D eigenvalue weighted by atomic mass is 9.97. The Morgan fingerprint density at radius 1 is 1.50 bits per heavy atom. The third-order valence-electron chi connectivity index (χ3n) is 2.10. The first-order chi connectivity index (χ1) is 6.66. The molecule has 14 heavy (non-hydrogen) atoms. The zero-order valence-corrected chi connectivity index (χ0v) is 8.70. The van der Waals surface area contributed by atoms with Crippen LogP contribution in [-0.4, -0.2) is 42.0 Å². The van der Waals surface area contributed by atoms with Crippen LogP contribution in [0.5, 0.6) is 0 Å². The van der Waals surface area contributed by atoms with Crippen molar-refractivity contribution >= 4 is 24.3 Å². The van der Waals surface area contributed by atoms with Crippen LogP contribution in [0, 0.1) is 0 Å². The number of fused-ring (bicyclic) bond motifs is 1. The lowest BCUT2D eigenvalue weighted by Crippen LogP contribution is -2.11. The highest BCUT2D eigenvalue weighted by Crippen LogP contribution is 2.12. The van der Waals surface area contributed by atoms with Crippen LogP contribution in [0.2, 0.25) is 0 Å². The van der Waals surface area contributed by atoms with E-state index in [0.717, 1.165) is 23.3 Å². The summed E-state index contributed by atoms with van der Waals surface area (Å²) in [5.74, 6) is 0. The zero-order valence-electron chi connectivity index (χ0n) is 8.70. The van der Waals surface area contributed by atoms with E-state index >= 15 is 0 Å². The molecule has 0 aliphatic heterocycles. The maximum Gasteiger partial charge on any atom is 0.155 e. The van der Waals surface area contributed by atoms with E-state index in [1.54, 1.807) is 0 Å². The summed E-state index contributed by atoms with van der Waals surface area (Å²) < 4.78 is 0. The predicted molar refractivity (Wildman–Crippen MR) is 59.5 cm³/mol. The molecule has 0 saturated carbocycles. The van der Waals surface area contributed by atoms with Crippen LogP contribution in [-0.2, 0) is 6.54 Å². The molecule has 4 nitrogen and oxygen atoms in total. The Morgan fingerprint density at radius 3 is 3.00 bits per heavy atom. The molecular weight excluding hydrogens is 175 g/mol. The van der Waals surface area contributed by atoms with E-state index in [9.17, 15) is 0 Å². The van der Waals surface area contributed by atoms with Gasteiger partial charge in [-0.1, -0.05) is 11.5 Å². The molecule has 2 aromatic rings. The molecule has 0 aliphatic rings.